The van der Waals surface area contributed by atoms with E-state index in [4.69, 9.17) is 4.74 Å². The highest BCUT2D eigenvalue weighted by Crippen LogP contribution is 2.15. The summed E-state index contributed by atoms with van der Waals surface area (Å²) < 4.78 is 5.25. The minimum atomic E-state index is -0.0264. The third-order valence-corrected chi connectivity index (χ3v) is 3.67. The summed E-state index contributed by atoms with van der Waals surface area (Å²) in [4.78, 5) is 25.4. The van der Waals surface area contributed by atoms with Gasteiger partial charge in [-0.25, -0.2) is 0 Å². The molecular weight excluding hydrogens is 268 g/mol. The summed E-state index contributed by atoms with van der Waals surface area (Å²) in [7, 11) is 0. The van der Waals surface area contributed by atoms with Gasteiger partial charge in [-0.3, -0.25) is 9.59 Å². The number of hydrogen-bond donors (Lipinski definition) is 1. The zero-order valence-electron chi connectivity index (χ0n) is 12.4. The number of para-hydroxylation sites is 1. The zero-order valence-corrected chi connectivity index (χ0v) is 12.4. The zero-order chi connectivity index (χ0) is 15.1. The molecule has 0 saturated carbocycles. The molecule has 1 saturated heterocycles. The van der Waals surface area contributed by atoms with Crippen molar-refractivity contribution in [2.24, 2.45) is 5.92 Å². The maximum atomic E-state index is 12.0. The Labute approximate surface area is 125 Å². The summed E-state index contributed by atoms with van der Waals surface area (Å²) in [5, 5.41) is 2.92. The Kier molecular flexibility index (Phi) is 5.75. The number of ether oxygens (including phenoxy) is 1. The van der Waals surface area contributed by atoms with Gasteiger partial charge in [0.15, 0.2) is 0 Å². The van der Waals surface area contributed by atoms with Crippen LogP contribution in [0.4, 0.5) is 5.69 Å². The summed E-state index contributed by atoms with van der Waals surface area (Å²) in [6, 6.07) is 9.48. The molecular formula is C16H22N2O3. The van der Waals surface area contributed by atoms with Gasteiger partial charge in [-0.2, -0.15) is 0 Å². The van der Waals surface area contributed by atoms with Crippen molar-refractivity contribution in [3.8, 4) is 0 Å². The summed E-state index contributed by atoms with van der Waals surface area (Å²) in [6.45, 7) is 3.79. The second-order valence-electron chi connectivity index (χ2n) is 5.18. The lowest BCUT2D eigenvalue weighted by Crippen LogP contribution is -2.40. The van der Waals surface area contributed by atoms with Crippen molar-refractivity contribution in [3.63, 3.8) is 0 Å². The fraction of sp³-hybridized carbons (Fsp3) is 0.500. The van der Waals surface area contributed by atoms with Crippen LogP contribution in [0.3, 0.4) is 0 Å². The molecule has 0 spiro atoms. The fourth-order valence-electron chi connectivity index (χ4n) is 2.47. The number of hydrogen-bond acceptors (Lipinski definition) is 3. The third kappa shape index (κ3) is 4.56. The van der Waals surface area contributed by atoms with Crippen molar-refractivity contribution in [1.82, 2.24) is 5.32 Å². The Balaban J connectivity index is 1.82. The lowest BCUT2D eigenvalue weighted by atomic mass is 9.99. The Morgan fingerprint density at radius 1 is 1.24 bits per heavy atom. The highest BCUT2D eigenvalue weighted by Gasteiger charge is 2.21. The molecule has 0 bridgehead atoms. The molecule has 0 aliphatic carbocycles. The molecule has 0 unspecified atom stereocenters. The SMILES string of the molecule is CC(=O)N(CCNC(=O)C1CCOCC1)c1ccccc1. The van der Waals surface area contributed by atoms with Crippen LogP contribution in [0.25, 0.3) is 0 Å². The lowest BCUT2D eigenvalue weighted by molar-refractivity contribution is -0.127. The third-order valence-electron chi connectivity index (χ3n) is 3.67. The van der Waals surface area contributed by atoms with E-state index < -0.39 is 0 Å². The van der Waals surface area contributed by atoms with Crippen molar-refractivity contribution in [2.75, 3.05) is 31.2 Å². The van der Waals surface area contributed by atoms with E-state index in [-0.39, 0.29) is 17.7 Å². The van der Waals surface area contributed by atoms with E-state index >= 15 is 0 Å². The molecule has 5 heteroatoms. The predicted molar refractivity (Wildman–Crippen MR) is 81.0 cm³/mol. The molecule has 1 fully saturated rings. The van der Waals surface area contributed by atoms with Gasteiger partial charge < -0.3 is 15.0 Å². The monoisotopic (exact) mass is 290 g/mol. The summed E-state index contributed by atoms with van der Waals surface area (Å²) >= 11 is 0. The van der Waals surface area contributed by atoms with E-state index in [1.165, 1.54) is 6.92 Å². The van der Waals surface area contributed by atoms with E-state index in [1.807, 2.05) is 30.3 Å². The molecule has 1 aromatic carbocycles. The molecule has 2 amide bonds. The molecule has 1 aliphatic heterocycles. The number of benzene rings is 1. The first-order chi connectivity index (χ1) is 10.2. The Hall–Kier alpha value is -1.88. The number of carbonyl (C=O) groups excluding carboxylic acids is 2. The first kappa shape index (κ1) is 15.5. The number of anilines is 1. The van der Waals surface area contributed by atoms with Crippen LogP contribution in [0.15, 0.2) is 30.3 Å². The van der Waals surface area contributed by atoms with Gasteiger partial charge in [-0.05, 0) is 25.0 Å². The number of rotatable bonds is 5. The van der Waals surface area contributed by atoms with E-state index in [2.05, 4.69) is 5.32 Å². The van der Waals surface area contributed by atoms with E-state index in [0.717, 1.165) is 18.5 Å². The summed E-state index contributed by atoms with van der Waals surface area (Å²) in [5.41, 5.74) is 0.852. The van der Waals surface area contributed by atoms with Gasteiger partial charge in [0, 0.05) is 44.8 Å². The summed E-state index contributed by atoms with van der Waals surface area (Å²) in [6.07, 6.45) is 1.56. The Bertz CT molecular complexity index is 470. The van der Waals surface area contributed by atoms with Crippen LogP contribution in [0, 0.1) is 5.92 Å². The highest BCUT2D eigenvalue weighted by molar-refractivity contribution is 5.91. The van der Waals surface area contributed by atoms with Crippen molar-refractivity contribution < 1.29 is 14.3 Å². The smallest absolute Gasteiger partial charge is 0.223 e. The second-order valence-corrected chi connectivity index (χ2v) is 5.18. The first-order valence-electron chi connectivity index (χ1n) is 7.37. The quantitative estimate of drug-likeness (QED) is 0.895. The minimum absolute atomic E-state index is 0.0264. The molecule has 1 aromatic rings. The van der Waals surface area contributed by atoms with Crippen LogP contribution in [0.1, 0.15) is 19.8 Å². The molecule has 2 rings (SSSR count). The molecule has 1 N–H and O–H groups in total. The summed E-state index contributed by atoms with van der Waals surface area (Å²) in [5.74, 6) is 0.0811. The van der Waals surface area contributed by atoms with E-state index in [1.54, 1.807) is 4.90 Å². The van der Waals surface area contributed by atoms with Crippen LogP contribution in [-0.2, 0) is 14.3 Å². The van der Waals surface area contributed by atoms with Crippen molar-refractivity contribution in [2.45, 2.75) is 19.8 Å². The standard InChI is InChI=1S/C16H22N2O3/c1-13(19)18(15-5-3-2-4-6-15)10-9-17-16(20)14-7-11-21-12-8-14/h2-6,14H,7-12H2,1H3,(H,17,20). The topological polar surface area (TPSA) is 58.6 Å². The Morgan fingerprint density at radius 2 is 1.90 bits per heavy atom. The average molecular weight is 290 g/mol. The average Bonchev–Trinajstić information content (AvgIpc) is 2.52. The van der Waals surface area contributed by atoms with Gasteiger partial charge in [0.1, 0.15) is 0 Å². The second kappa shape index (κ2) is 7.78. The van der Waals surface area contributed by atoms with Gasteiger partial charge in [-0.15, -0.1) is 0 Å². The number of carbonyl (C=O) groups is 2. The van der Waals surface area contributed by atoms with Gasteiger partial charge in [0.2, 0.25) is 11.8 Å². The first-order valence-corrected chi connectivity index (χ1v) is 7.37. The largest absolute Gasteiger partial charge is 0.381 e. The molecule has 1 heterocycles. The molecule has 21 heavy (non-hydrogen) atoms. The van der Waals surface area contributed by atoms with E-state index in [0.29, 0.717) is 26.3 Å². The molecule has 0 radical (unpaired) electrons. The number of nitrogens with zero attached hydrogens (tertiary/aromatic N) is 1. The molecule has 114 valence electrons. The predicted octanol–water partition coefficient (Wildman–Crippen LogP) is 1.58. The molecule has 1 aliphatic rings. The van der Waals surface area contributed by atoms with Gasteiger partial charge in [0.25, 0.3) is 0 Å². The molecule has 0 aromatic heterocycles. The fourth-order valence-corrected chi connectivity index (χ4v) is 2.47. The van der Waals surface area contributed by atoms with Crippen molar-refractivity contribution >= 4 is 17.5 Å². The number of amides is 2. The van der Waals surface area contributed by atoms with Crippen molar-refractivity contribution in [1.29, 1.82) is 0 Å². The van der Waals surface area contributed by atoms with Crippen LogP contribution in [0.2, 0.25) is 0 Å². The lowest BCUT2D eigenvalue weighted by Gasteiger charge is -2.24. The minimum Gasteiger partial charge on any atom is -0.381 e. The molecule has 5 nitrogen and oxygen atoms in total. The van der Waals surface area contributed by atoms with Crippen LogP contribution in [0.5, 0.6) is 0 Å². The number of nitrogens with one attached hydrogen (secondary N) is 1. The van der Waals surface area contributed by atoms with E-state index in [9.17, 15) is 9.59 Å². The molecule has 0 atom stereocenters. The van der Waals surface area contributed by atoms with Gasteiger partial charge in [-0.1, -0.05) is 18.2 Å². The Morgan fingerprint density at radius 3 is 2.52 bits per heavy atom. The van der Waals surface area contributed by atoms with Crippen LogP contribution < -0.4 is 10.2 Å². The maximum absolute atomic E-state index is 12.0. The maximum Gasteiger partial charge on any atom is 0.223 e. The normalized spacial score (nSPS) is 15.5. The highest BCUT2D eigenvalue weighted by atomic mass is 16.5. The van der Waals surface area contributed by atoms with Crippen molar-refractivity contribution in [3.05, 3.63) is 30.3 Å². The van der Waals surface area contributed by atoms with Crippen LogP contribution in [-0.4, -0.2) is 38.1 Å². The van der Waals surface area contributed by atoms with Gasteiger partial charge in [0.05, 0.1) is 0 Å². The van der Waals surface area contributed by atoms with Crippen LogP contribution >= 0.6 is 0 Å². The van der Waals surface area contributed by atoms with Gasteiger partial charge >= 0.3 is 0 Å².